The van der Waals surface area contributed by atoms with Crippen molar-refractivity contribution in [3.63, 3.8) is 0 Å². The smallest absolute Gasteiger partial charge is 0.263 e. The molecule has 1 amide bonds. The molecular weight excluding hydrogens is 360 g/mol. The first-order chi connectivity index (χ1) is 12.0. The number of nitrogens with one attached hydrogen (secondary N) is 1. The second-order valence-electron chi connectivity index (χ2n) is 5.71. The second-order valence-corrected chi connectivity index (χ2v) is 8.78. The van der Waals surface area contributed by atoms with Crippen molar-refractivity contribution in [3.8, 4) is 0 Å². The van der Waals surface area contributed by atoms with Crippen LogP contribution in [0.4, 0.5) is 0 Å². The molecule has 0 bridgehead atoms. The minimum atomic E-state index is -3.77. The highest BCUT2D eigenvalue weighted by Crippen LogP contribution is 2.22. The van der Waals surface area contributed by atoms with Gasteiger partial charge in [0.05, 0.1) is 5.56 Å². The van der Waals surface area contributed by atoms with E-state index in [0.717, 1.165) is 17.1 Å². The van der Waals surface area contributed by atoms with Crippen molar-refractivity contribution in [2.75, 3.05) is 24.6 Å². The maximum atomic E-state index is 12.9. The molecular formula is C16H20N4O3S2. The molecule has 1 aromatic heterocycles. The van der Waals surface area contributed by atoms with Crippen molar-refractivity contribution in [2.45, 2.75) is 11.6 Å². The van der Waals surface area contributed by atoms with Crippen LogP contribution < -0.4 is 5.32 Å². The number of aromatic nitrogens is 2. The summed E-state index contributed by atoms with van der Waals surface area (Å²) < 4.78 is 28.5. The average molecular weight is 380 g/mol. The molecule has 0 unspecified atom stereocenters. The number of hydrogen-bond acceptors (Lipinski definition) is 5. The van der Waals surface area contributed by atoms with E-state index >= 15 is 0 Å². The van der Waals surface area contributed by atoms with E-state index in [9.17, 15) is 13.2 Å². The van der Waals surface area contributed by atoms with Crippen LogP contribution >= 0.6 is 11.8 Å². The SMILES string of the molecule is Cn1cc(C(=O)NCc2ccccc2)c(S(=O)(=O)N2CCSCC2)n1. The van der Waals surface area contributed by atoms with Crippen LogP contribution in [0.15, 0.2) is 41.6 Å². The minimum absolute atomic E-state index is 0.0802. The lowest BCUT2D eigenvalue weighted by Gasteiger charge is -2.24. The predicted octanol–water partition coefficient (Wildman–Crippen LogP) is 1.09. The fraction of sp³-hybridized carbons (Fsp3) is 0.375. The molecule has 9 heteroatoms. The van der Waals surface area contributed by atoms with Crippen LogP contribution in [0.1, 0.15) is 15.9 Å². The number of carbonyl (C=O) groups is 1. The van der Waals surface area contributed by atoms with Crippen LogP contribution in [0.2, 0.25) is 0 Å². The van der Waals surface area contributed by atoms with Gasteiger partial charge in [0.15, 0.2) is 0 Å². The number of amides is 1. The van der Waals surface area contributed by atoms with Gasteiger partial charge in [0.1, 0.15) is 0 Å². The maximum absolute atomic E-state index is 12.9. The van der Waals surface area contributed by atoms with Crippen molar-refractivity contribution >= 4 is 27.7 Å². The van der Waals surface area contributed by atoms with Crippen LogP contribution in [0.25, 0.3) is 0 Å². The van der Waals surface area contributed by atoms with Gasteiger partial charge >= 0.3 is 0 Å². The highest BCUT2D eigenvalue weighted by molar-refractivity contribution is 7.99. The third-order valence-electron chi connectivity index (χ3n) is 3.89. The first kappa shape index (κ1) is 18.0. The molecule has 1 saturated heterocycles. The number of thioether (sulfide) groups is 1. The third kappa shape index (κ3) is 4.05. The summed E-state index contributed by atoms with van der Waals surface area (Å²) in [7, 11) is -2.16. The Morgan fingerprint density at radius 3 is 2.60 bits per heavy atom. The molecule has 1 fully saturated rings. The Hall–Kier alpha value is -1.84. The number of carbonyl (C=O) groups excluding carboxylic acids is 1. The molecule has 7 nitrogen and oxygen atoms in total. The van der Waals surface area contributed by atoms with Crippen molar-refractivity contribution in [2.24, 2.45) is 7.05 Å². The summed E-state index contributed by atoms with van der Waals surface area (Å²) in [4.78, 5) is 12.5. The van der Waals surface area contributed by atoms with E-state index in [4.69, 9.17) is 0 Å². The number of rotatable bonds is 5. The van der Waals surface area contributed by atoms with Crippen LogP contribution in [0.3, 0.4) is 0 Å². The summed E-state index contributed by atoms with van der Waals surface area (Å²) in [6.07, 6.45) is 1.45. The Kier molecular flexibility index (Phi) is 5.45. The number of hydrogen-bond donors (Lipinski definition) is 1. The first-order valence-corrected chi connectivity index (χ1v) is 10.5. The Bertz CT molecular complexity index is 844. The Morgan fingerprint density at radius 2 is 1.92 bits per heavy atom. The van der Waals surface area contributed by atoms with E-state index in [1.54, 1.807) is 18.8 Å². The number of sulfonamides is 1. The Labute approximate surface area is 151 Å². The van der Waals surface area contributed by atoms with Gasteiger partial charge in [-0.1, -0.05) is 30.3 Å². The molecule has 0 atom stereocenters. The first-order valence-electron chi connectivity index (χ1n) is 7.92. The monoisotopic (exact) mass is 380 g/mol. The van der Waals surface area contributed by atoms with E-state index in [0.29, 0.717) is 19.6 Å². The molecule has 2 heterocycles. The Morgan fingerprint density at radius 1 is 1.24 bits per heavy atom. The summed E-state index contributed by atoms with van der Waals surface area (Å²) >= 11 is 1.72. The van der Waals surface area contributed by atoms with E-state index in [2.05, 4.69) is 10.4 Å². The fourth-order valence-corrected chi connectivity index (χ4v) is 5.29. The highest BCUT2D eigenvalue weighted by Gasteiger charge is 2.33. The van der Waals surface area contributed by atoms with Gasteiger partial charge in [0, 0.05) is 44.4 Å². The van der Waals surface area contributed by atoms with Crippen LogP contribution in [0.5, 0.6) is 0 Å². The average Bonchev–Trinajstić information content (AvgIpc) is 3.04. The maximum Gasteiger partial charge on any atom is 0.263 e. The van der Waals surface area contributed by atoms with Crippen LogP contribution in [-0.2, 0) is 23.6 Å². The van der Waals surface area contributed by atoms with Gasteiger partial charge in [-0.2, -0.15) is 21.2 Å². The molecule has 3 rings (SSSR count). The van der Waals surface area contributed by atoms with Gasteiger partial charge in [0.2, 0.25) is 5.03 Å². The van der Waals surface area contributed by atoms with Crippen molar-refractivity contribution in [3.05, 3.63) is 47.7 Å². The van der Waals surface area contributed by atoms with E-state index in [1.807, 2.05) is 30.3 Å². The van der Waals surface area contributed by atoms with Crippen LogP contribution in [0, 0.1) is 0 Å². The van der Waals surface area contributed by atoms with Gasteiger partial charge in [-0.15, -0.1) is 0 Å². The van der Waals surface area contributed by atoms with Gasteiger partial charge in [-0.3, -0.25) is 9.48 Å². The molecule has 1 aliphatic heterocycles. The zero-order valence-corrected chi connectivity index (χ0v) is 15.5. The van der Waals surface area contributed by atoms with Crippen molar-refractivity contribution < 1.29 is 13.2 Å². The predicted molar refractivity (Wildman–Crippen MR) is 96.9 cm³/mol. The topological polar surface area (TPSA) is 84.3 Å². The summed E-state index contributed by atoms with van der Waals surface area (Å²) in [6.45, 7) is 1.21. The number of nitrogens with zero attached hydrogens (tertiary/aromatic N) is 3. The normalized spacial score (nSPS) is 15.9. The van der Waals surface area contributed by atoms with Crippen LogP contribution in [-0.4, -0.2) is 53.0 Å². The summed E-state index contributed by atoms with van der Waals surface area (Å²) in [5.41, 5.74) is 1.02. The lowest BCUT2D eigenvalue weighted by atomic mass is 10.2. The zero-order chi connectivity index (χ0) is 17.9. The molecule has 0 aliphatic carbocycles. The van der Waals surface area contributed by atoms with Gasteiger partial charge in [-0.25, -0.2) is 8.42 Å². The van der Waals surface area contributed by atoms with E-state index < -0.39 is 15.9 Å². The highest BCUT2D eigenvalue weighted by atomic mass is 32.2. The minimum Gasteiger partial charge on any atom is -0.348 e. The molecule has 2 aromatic rings. The molecule has 0 radical (unpaired) electrons. The lowest BCUT2D eigenvalue weighted by molar-refractivity contribution is 0.0947. The van der Waals surface area contributed by atoms with Crippen molar-refractivity contribution in [1.82, 2.24) is 19.4 Å². The molecule has 0 spiro atoms. The summed E-state index contributed by atoms with van der Waals surface area (Å²) in [5.74, 6) is 1.06. The quantitative estimate of drug-likeness (QED) is 0.839. The standard InChI is InChI=1S/C16H20N4O3S2/c1-19-12-14(15(21)17-11-13-5-3-2-4-6-13)16(18-19)25(22,23)20-7-9-24-10-8-20/h2-6,12H,7-11H2,1H3,(H,17,21). The van der Waals surface area contributed by atoms with Crippen molar-refractivity contribution in [1.29, 1.82) is 0 Å². The lowest BCUT2D eigenvalue weighted by Crippen LogP contribution is -2.39. The van der Waals surface area contributed by atoms with E-state index in [-0.39, 0.29) is 10.6 Å². The van der Waals surface area contributed by atoms with Gasteiger partial charge in [0.25, 0.3) is 15.9 Å². The summed E-state index contributed by atoms with van der Waals surface area (Å²) in [5, 5.41) is 6.64. The molecule has 1 aliphatic rings. The largest absolute Gasteiger partial charge is 0.348 e. The zero-order valence-electron chi connectivity index (χ0n) is 13.9. The number of aryl methyl sites for hydroxylation is 1. The third-order valence-corrected chi connectivity index (χ3v) is 6.67. The van der Waals surface area contributed by atoms with E-state index in [1.165, 1.54) is 15.2 Å². The molecule has 1 aromatic carbocycles. The fourth-order valence-electron chi connectivity index (χ4n) is 2.60. The molecule has 25 heavy (non-hydrogen) atoms. The number of benzene rings is 1. The molecule has 1 N–H and O–H groups in total. The second kappa shape index (κ2) is 7.59. The van der Waals surface area contributed by atoms with Gasteiger partial charge < -0.3 is 5.32 Å². The Balaban J connectivity index is 1.81. The molecule has 134 valence electrons. The summed E-state index contributed by atoms with van der Waals surface area (Å²) in [6, 6.07) is 9.46. The molecule has 0 saturated carbocycles. The van der Waals surface area contributed by atoms with Gasteiger partial charge in [-0.05, 0) is 5.56 Å².